The van der Waals surface area contributed by atoms with Crippen molar-refractivity contribution in [1.29, 1.82) is 0 Å². The summed E-state index contributed by atoms with van der Waals surface area (Å²) in [6, 6.07) is 6.62. The summed E-state index contributed by atoms with van der Waals surface area (Å²) < 4.78 is 0. The average molecular weight is 349 g/mol. The Morgan fingerprint density at radius 1 is 1.23 bits per heavy atom. The van der Waals surface area contributed by atoms with Crippen LogP contribution >= 0.6 is 0 Å². The van der Waals surface area contributed by atoms with E-state index in [1.807, 2.05) is 7.05 Å². The van der Waals surface area contributed by atoms with Crippen molar-refractivity contribution in [2.45, 2.75) is 57.6 Å². The van der Waals surface area contributed by atoms with E-state index in [-0.39, 0.29) is 5.41 Å². The maximum atomic E-state index is 6.43. The number of hydroxylamine groups is 2. The van der Waals surface area contributed by atoms with Crippen LogP contribution < -0.4 is 5.73 Å². The molecule has 2 spiro atoms. The first kappa shape index (κ1) is 16.2. The van der Waals surface area contributed by atoms with Gasteiger partial charge < -0.3 is 5.73 Å². The van der Waals surface area contributed by atoms with Crippen LogP contribution in [0.15, 0.2) is 23.2 Å². The highest BCUT2D eigenvalue weighted by Crippen LogP contribution is 2.62. The molecule has 136 valence electrons. The molecular weight excluding hydrogens is 322 g/mol. The minimum absolute atomic E-state index is 0.0137. The Hall–Kier alpha value is -1.99. The fraction of sp³-hybridized carbons (Fsp3) is 0.591. The van der Waals surface area contributed by atoms with Gasteiger partial charge in [0, 0.05) is 29.5 Å². The Morgan fingerprint density at radius 3 is 2.65 bits per heavy atom. The number of hydrogen-bond acceptors (Lipinski definition) is 4. The van der Waals surface area contributed by atoms with E-state index in [0.29, 0.717) is 11.9 Å². The first-order valence-electron chi connectivity index (χ1n) is 9.94. The molecule has 5 rings (SSSR count). The standard InChI is InChI=1S/C22H27N3O/c1-15-9-11-21(12-10-15)14-18-8-7-17(6-5-16-3-4-16)13-19(18)22(21)24-20(23)25(2)26-22/h7-8,13,15-16H,3-4,9-12,14H2,1-2H3,(H2,23,24). The summed E-state index contributed by atoms with van der Waals surface area (Å²) in [5.41, 5.74) is 9.13. The van der Waals surface area contributed by atoms with Crippen molar-refractivity contribution in [2.24, 2.45) is 28.0 Å². The SMILES string of the molecule is CC1CCC2(CC1)Cc1ccc(C#CC3CC3)cc1C21N=C(N)N(C)O1. The molecule has 1 heterocycles. The topological polar surface area (TPSA) is 50.8 Å². The lowest BCUT2D eigenvalue weighted by atomic mass is 9.65. The van der Waals surface area contributed by atoms with Gasteiger partial charge in [0.25, 0.3) is 0 Å². The minimum atomic E-state index is -0.668. The van der Waals surface area contributed by atoms with Gasteiger partial charge in [0.05, 0.1) is 0 Å². The Kier molecular flexibility index (Phi) is 3.43. The summed E-state index contributed by atoms with van der Waals surface area (Å²) in [6.45, 7) is 2.35. The molecular formula is C22H27N3O. The van der Waals surface area contributed by atoms with Gasteiger partial charge in [0.2, 0.25) is 11.7 Å². The molecule has 0 radical (unpaired) electrons. The molecule has 1 unspecified atom stereocenters. The Balaban J connectivity index is 1.61. The molecule has 1 aliphatic heterocycles. The van der Waals surface area contributed by atoms with Gasteiger partial charge in [-0.1, -0.05) is 24.8 Å². The lowest BCUT2D eigenvalue weighted by molar-refractivity contribution is -0.229. The van der Waals surface area contributed by atoms with E-state index in [1.165, 1.54) is 36.8 Å². The summed E-state index contributed by atoms with van der Waals surface area (Å²) in [4.78, 5) is 11.4. The van der Waals surface area contributed by atoms with Gasteiger partial charge >= 0.3 is 0 Å². The van der Waals surface area contributed by atoms with Crippen molar-refractivity contribution >= 4 is 5.96 Å². The molecule has 1 aromatic carbocycles. The third-order valence-electron chi connectivity index (χ3n) is 6.82. The zero-order chi connectivity index (χ0) is 17.9. The van der Waals surface area contributed by atoms with Crippen molar-refractivity contribution in [3.05, 3.63) is 34.9 Å². The van der Waals surface area contributed by atoms with Crippen LogP contribution in [-0.4, -0.2) is 18.1 Å². The maximum absolute atomic E-state index is 6.43. The molecule has 26 heavy (non-hydrogen) atoms. The van der Waals surface area contributed by atoms with Gasteiger partial charge in [-0.05, 0) is 68.6 Å². The summed E-state index contributed by atoms with van der Waals surface area (Å²) in [7, 11) is 1.86. The second kappa shape index (κ2) is 5.50. The number of rotatable bonds is 0. The molecule has 2 fully saturated rings. The van der Waals surface area contributed by atoms with Gasteiger partial charge in [-0.2, -0.15) is 0 Å². The van der Waals surface area contributed by atoms with Crippen LogP contribution in [0.25, 0.3) is 0 Å². The Morgan fingerprint density at radius 2 is 2.00 bits per heavy atom. The fourth-order valence-electron chi connectivity index (χ4n) is 4.96. The van der Waals surface area contributed by atoms with Gasteiger partial charge in [-0.3, -0.25) is 0 Å². The molecule has 0 bridgehead atoms. The number of aliphatic imine (C=N–C) groups is 1. The molecule has 4 nitrogen and oxygen atoms in total. The summed E-state index contributed by atoms with van der Waals surface area (Å²) in [5.74, 6) is 8.60. The number of guanidine groups is 1. The highest BCUT2D eigenvalue weighted by Gasteiger charge is 2.63. The lowest BCUT2D eigenvalue weighted by Gasteiger charge is -2.44. The van der Waals surface area contributed by atoms with E-state index in [1.54, 1.807) is 5.06 Å². The van der Waals surface area contributed by atoms with E-state index in [0.717, 1.165) is 30.7 Å². The van der Waals surface area contributed by atoms with Crippen LogP contribution in [0.5, 0.6) is 0 Å². The van der Waals surface area contributed by atoms with Crippen LogP contribution in [0.3, 0.4) is 0 Å². The second-order valence-electron chi connectivity index (χ2n) is 8.76. The van der Waals surface area contributed by atoms with E-state index >= 15 is 0 Å². The van der Waals surface area contributed by atoms with Crippen LogP contribution in [-0.2, 0) is 17.0 Å². The molecule has 2 N–H and O–H groups in total. The third kappa shape index (κ3) is 2.30. The van der Waals surface area contributed by atoms with E-state index in [2.05, 4.69) is 37.0 Å². The molecule has 3 aliphatic carbocycles. The molecule has 0 amide bonds. The van der Waals surface area contributed by atoms with Crippen LogP contribution in [0.1, 0.15) is 62.1 Å². The van der Waals surface area contributed by atoms with Gasteiger partial charge in [-0.15, -0.1) is 0 Å². The van der Waals surface area contributed by atoms with Crippen molar-refractivity contribution < 1.29 is 4.84 Å². The minimum Gasteiger partial charge on any atom is -0.368 e. The van der Waals surface area contributed by atoms with Crippen molar-refractivity contribution in [2.75, 3.05) is 7.05 Å². The maximum Gasteiger partial charge on any atom is 0.220 e. The predicted molar refractivity (Wildman–Crippen MR) is 102 cm³/mol. The van der Waals surface area contributed by atoms with E-state index < -0.39 is 5.72 Å². The second-order valence-corrected chi connectivity index (χ2v) is 8.76. The summed E-state index contributed by atoms with van der Waals surface area (Å²) in [5, 5.41) is 1.65. The van der Waals surface area contributed by atoms with Gasteiger partial charge in [0.15, 0.2) is 0 Å². The van der Waals surface area contributed by atoms with Crippen LogP contribution in [0.4, 0.5) is 0 Å². The highest BCUT2D eigenvalue weighted by atomic mass is 16.7. The predicted octanol–water partition coefficient (Wildman–Crippen LogP) is 3.55. The fourth-order valence-corrected chi connectivity index (χ4v) is 4.96. The van der Waals surface area contributed by atoms with Crippen LogP contribution in [0.2, 0.25) is 0 Å². The van der Waals surface area contributed by atoms with Crippen LogP contribution in [0, 0.1) is 29.1 Å². The molecule has 0 saturated heterocycles. The van der Waals surface area contributed by atoms with E-state index in [4.69, 9.17) is 15.6 Å². The summed E-state index contributed by atoms with van der Waals surface area (Å²) in [6.07, 6.45) is 8.25. The monoisotopic (exact) mass is 349 g/mol. The van der Waals surface area contributed by atoms with E-state index in [9.17, 15) is 0 Å². The zero-order valence-electron chi connectivity index (χ0n) is 15.7. The first-order chi connectivity index (χ1) is 12.5. The number of nitrogens with zero attached hydrogens (tertiary/aromatic N) is 2. The number of hydrogen-bond donors (Lipinski definition) is 1. The largest absolute Gasteiger partial charge is 0.368 e. The third-order valence-corrected chi connectivity index (χ3v) is 6.82. The van der Waals surface area contributed by atoms with Crippen molar-refractivity contribution in [1.82, 2.24) is 5.06 Å². The lowest BCUT2D eigenvalue weighted by Crippen LogP contribution is -2.45. The Labute approximate surface area is 155 Å². The number of fused-ring (bicyclic) bond motifs is 3. The first-order valence-corrected chi connectivity index (χ1v) is 9.94. The smallest absolute Gasteiger partial charge is 0.220 e. The molecule has 1 aromatic rings. The highest BCUT2D eigenvalue weighted by molar-refractivity contribution is 5.79. The molecule has 0 aromatic heterocycles. The summed E-state index contributed by atoms with van der Waals surface area (Å²) >= 11 is 0. The number of nitrogens with two attached hydrogens (primary N) is 1. The van der Waals surface area contributed by atoms with Gasteiger partial charge in [0.1, 0.15) is 0 Å². The molecule has 4 heteroatoms. The van der Waals surface area contributed by atoms with Crippen molar-refractivity contribution in [3.63, 3.8) is 0 Å². The van der Waals surface area contributed by atoms with Crippen molar-refractivity contribution in [3.8, 4) is 11.8 Å². The molecule has 1 atom stereocenters. The average Bonchev–Trinajstić information content (AvgIpc) is 3.36. The normalized spacial score (nSPS) is 35.4. The Bertz CT molecular complexity index is 837. The zero-order valence-corrected chi connectivity index (χ0v) is 15.7. The number of benzene rings is 1. The quantitative estimate of drug-likeness (QED) is 0.729. The van der Waals surface area contributed by atoms with Gasteiger partial charge in [-0.25, -0.2) is 14.9 Å². The molecule has 4 aliphatic rings. The molecule has 2 saturated carbocycles.